The van der Waals surface area contributed by atoms with Crippen LogP contribution in [0, 0.1) is 27.7 Å². The van der Waals surface area contributed by atoms with Gasteiger partial charge in [0.2, 0.25) is 0 Å². The SMILES string of the molecule is Cc1cc(C)c(C)c(OCC2=NCCCN2)c1C. The van der Waals surface area contributed by atoms with E-state index in [1.807, 2.05) is 0 Å². The maximum absolute atomic E-state index is 5.98. The average molecular weight is 246 g/mol. The summed E-state index contributed by atoms with van der Waals surface area (Å²) in [6.07, 6.45) is 1.12. The molecule has 0 atom stereocenters. The van der Waals surface area contributed by atoms with E-state index < -0.39 is 0 Å². The first-order chi connectivity index (χ1) is 8.59. The van der Waals surface area contributed by atoms with E-state index in [1.54, 1.807) is 0 Å². The Bertz CT molecular complexity index is 452. The zero-order valence-electron chi connectivity index (χ0n) is 11.8. The number of hydrogen-bond donors (Lipinski definition) is 1. The lowest BCUT2D eigenvalue weighted by molar-refractivity contribution is 0.364. The Hall–Kier alpha value is -1.51. The monoisotopic (exact) mass is 246 g/mol. The predicted molar refractivity (Wildman–Crippen MR) is 75.8 cm³/mol. The molecule has 0 fully saturated rings. The van der Waals surface area contributed by atoms with Crippen molar-refractivity contribution in [3.8, 4) is 5.75 Å². The highest BCUT2D eigenvalue weighted by Gasteiger charge is 2.11. The number of amidine groups is 1. The average Bonchev–Trinajstić information content (AvgIpc) is 2.38. The smallest absolute Gasteiger partial charge is 0.145 e. The van der Waals surface area contributed by atoms with Gasteiger partial charge < -0.3 is 10.1 Å². The number of nitrogens with one attached hydrogen (secondary N) is 1. The van der Waals surface area contributed by atoms with Crippen LogP contribution in [0.25, 0.3) is 0 Å². The Morgan fingerprint density at radius 3 is 2.39 bits per heavy atom. The van der Waals surface area contributed by atoms with Gasteiger partial charge >= 0.3 is 0 Å². The first-order valence-electron chi connectivity index (χ1n) is 6.57. The summed E-state index contributed by atoms with van der Waals surface area (Å²) in [5.41, 5.74) is 5.03. The van der Waals surface area contributed by atoms with E-state index in [2.05, 4.69) is 44.1 Å². The van der Waals surface area contributed by atoms with Gasteiger partial charge in [0.25, 0.3) is 0 Å². The molecule has 3 nitrogen and oxygen atoms in total. The molecule has 1 aliphatic heterocycles. The number of nitrogens with zero attached hydrogens (tertiary/aromatic N) is 1. The van der Waals surface area contributed by atoms with E-state index in [1.165, 1.54) is 22.3 Å². The Labute approximate surface area is 109 Å². The third-order valence-electron chi connectivity index (χ3n) is 3.62. The fourth-order valence-corrected chi connectivity index (χ4v) is 2.22. The second kappa shape index (κ2) is 5.42. The lowest BCUT2D eigenvalue weighted by Crippen LogP contribution is -2.34. The fraction of sp³-hybridized carbons (Fsp3) is 0.533. The van der Waals surface area contributed by atoms with Crippen LogP contribution in [0.4, 0.5) is 0 Å². The third-order valence-corrected chi connectivity index (χ3v) is 3.62. The molecule has 0 radical (unpaired) electrons. The maximum atomic E-state index is 5.98. The zero-order valence-corrected chi connectivity index (χ0v) is 11.8. The van der Waals surface area contributed by atoms with E-state index in [0.29, 0.717) is 6.61 Å². The quantitative estimate of drug-likeness (QED) is 0.889. The third kappa shape index (κ3) is 2.66. The number of aryl methyl sites for hydroxylation is 2. The normalized spacial score (nSPS) is 15.0. The molecule has 3 heteroatoms. The maximum Gasteiger partial charge on any atom is 0.145 e. The van der Waals surface area contributed by atoms with Crippen molar-refractivity contribution >= 4 is 5.84 Å². The molecular weight excluding hydrogens is 224 g/mol. The van der Waals surface area contributed by atoms with Gasteiger partial charge in [0.05, 0.1) is 0 Å². The summed E-state index contributed by atoms with van der Waals surface area (Å²) in [6.45, 7) is 11.0. The van der Waals surface area contributed by atoms with Crippen molar-refractivity contribution in [1.29, 1.82) is 0 Å². The lowest BCUT2D eigenvalue weighted by Gasteiger charge is -2.19. The molecule has 1 aliphatic rings. The summed E-state index contributed by atoms with van der Waals surface area (Å²) in [6, 6.07) is 2.22. The first-order valence-corrected chi connectivity index (χ1v) is 6.57. The van der Waals surface area contributed by atoms with Crippen molar-refractivity contribution in [2.24, 2.45) is 4.99 Å². The molecule has 18 heavy (non-hydrogen) atoms. The van der Waals surface area contributed by atoms with Crippen LogP contribution < -0.4 is 10.1 Å². The second-order valence-corrected chi connectivity index (χ2v) is 4.99. The predicted octanol–water partition coefficient (Wildman–Crippen LogP) is 2.69. The summed E-state index contributed by atoms with van der Waals surface area (Å²) >= 11 is 0. The van der Waals surface area contributed by atoms with Gasteiger partial charge in [0.1, 0.15) is 18.2 Å². The Morgan fingerprint density at radius 2 is 1.83 bits per heavy atom. The van der Waals surface area contributed by atoms with Crippen LogP contribution in [-0.4, -0.2) is 25.5 Å². The highest BCUT2D eigenvalue weighted by atomic mass is 16.5. The van der Waals surface area contributed by atoms with Crippen molar-refractivity contribution in [2.75, 3.05) is 19.7 Å². The van der Waals surface area contributed by atoms with Crippen LogP contribution >= 0.6 is 0 Å². The van der Waals surface area contributed by atoms with Crippen molar-refractivity contribution in [2.45, 2.75) is 34.1 Å². The van der Waals surface area contributed by atoms with Gasteiger partial charge in [-0.15, -0.1) is 0 Å². The van der Waals surface area contributed by atoms with E-state index in [-0.39, 0.29) is 0 Å². The van der Waals surface area contributed by atoms with E-state index in [9.17, 15) is 0 Å². The number of rotatable bonds is 3. The molecule has 0 unspecified atom stereocenters. The molecule has 0 bridgehead atoms. The molecular formula is C15H22N2O. The Morgan fingerprint density at radius 1 is 1.17 bits per heavy atom. The van der Waals surface area contributed by atoms with Gasteiger partial charge in [-0.3, -0.25) is 4.99 Å². The molecule has 0 saturated carbocycles. The van der Waals surface area contributed by atoms with Crippen molar-refractivity contribution in [3.05, 3.63) is 28.3 Å². The summed E-state index contributed by atoms with van der Waals surface area (Å²) < 4.78 is 5.98. The molecule has 2 rings (SSSR count). The van der Waals surface area contributed by atoms with Gasteiger partial charge in [-0.25, -0.2) is 0 Å². The van der Waals surface area contributed by atoms with E-state index in [0.717, 1.165) is 31.1 Å². The summed E-state index contributed by atoms with van der Waals surface area (Å²) in [5.74, 6) is 1.99. The minimum atomic E-state index is 0.546. The first kappa shape index (κ1) is 12.9. The molecule has 0 saturated heterocycles. The topological polar surface area (TPSA) is 33.6 Å². The summed E-state index contributed by atoms with van der Waals surface area (Å²) in [4.78, 5) is 4.43. The number of aliphatic imine (C=N–C) groups is 1. The summed E-state index contributed by atoms with van der Waals surface area (Å²) in [5, 5.41) is 3.28. The molecule has 0 spiro atoms. The molecule has 1 N–H and O–H groups in total. The fourth-order valence-electron chi connectivity index (χ4n) is 2.22. The molecule has 0 amide bonds. The molecule has 0 aliphatic carbocycles. The van der Waals surface area contributed by atoms with Gasteiger partial charge in [-0.2, -0.15) is 0 Å². The standard InChI is InChI=1S/C15H22N2O/c1-10-8-11(2)13(4)15(12(10)3)18-9-14-16-6-5-7-17-14/h8H,5-7,9H2,1-4H3,(H,16,17). The van der Waals surface area contributed by atoms with E-state index >= 15 is 0 Å². The van der Waals surface area contributed by atoms with Crippen LogP contribution in [-0.2, 0) is 0 Å². The van der Waals surface area contributed by atoms with Crippen LogP contribution in [0.3, 0.4) is 0 Å². The minimum Gasteiger partial charge on any atom is -0.485 e. The Balaban J connectivity index is 2.16. The second-order valence-electron chi connectivity index (χ2n) is 4.99. The minimum absolute atomic E-state index is 0.546. The van der Waals surface area contributed by atoms with Crippen LogP contribution in [0.2, 0.25) is 0 Å². The van der Waals surface area contributed by atoms with Crippen molar-refractivity contribution in [1.82, 2.24) is 5.32 Å². The van der Waals surface area contributed by atoms with Crippen molar-refractivity contribution < 1.29 is 4.74 Å². The summed E-state index contributed by atoms with van der Waals surface area (Å²) in [7, 11) is 0. The number of hydrogen-bond acceptors (Lipinski definition) is 3. The highest BCUT2D eigenvalue weighted by molar-refractivity contribution is 5.84. The van der Waals surface area contributed by atoms with Crippen LogP contribution in [0.15, 0.2) is 11.1 Å². The molecule has 1 aromatic carbocycles. The van der Waals surface area contributed by atoms with E-state index in [4.69, 9.17) is 4.74 Å². The molecule has 0 aromatic heterocycles. The number of ether oxygens (including phenoxy) is 1. The lowest BCUT2D eigenvalue weighted by atomic mass is 10.0. The van der Waals surface area contributed by atoms with Gasteiger partial charge in [0, 0.05) is 13.1 Å². The Kier molecular flexibility index (Phi) is 3.90. The number of benzene rings is 1. The zero-order chi connectivity index (χ0) is 13.1. The largest absolute Gasteiger partial charge is 0.485 e. The molecule has 98 valence electrons. The highest BCUT2D eigenvalue weighted by Crippen LogP contribution is 2.28. The van der Waals surface area contributed by atoms with Crippen molar-refractivity contribution in [3.63, 3.8) is 0 Å². The van der Waals surface area contributed by atoms with Crippen LogP contribution in [0.5, 0.6) is 5.75 Å². The molecule has 1 heterocycles. The van der Waals surface area contributed by atoms with Crippen LogP contribution in [0.1, 0.15) is 28.7 Å². The van der Waals surface area contributed by atoms with Gasteiger partial charge in [-0.1, -0.05) is 6.07 Å². The van der Waals surface area contributed by atoms with Gasteiger partial charge in [-0.05, 0) is 56.4 Å². The van der Waals surface area contributed by atoms with Gasteiger partial charge in [0.15, 0.2) is 0 Å². The molecule has 1 aromatic rings.